The van der Waals surface area contributed by atoms with Crippen LogP contribution in [0.3, 0.4) is 0 Å². The molecule has 2 aromatic rings. The Morgan fingerprint density at radius 1 is 1.19 bits per heavy atom. The lowest BCUT2D eigenvalue weighted by atomic mass is 9.69. The van der Waals surface area contributed by atoms with Crippen LogP contribution in [0.1, 0.15) is 69.9 Å². The molecule has 2 aliphatic rings. The van der Waals surface area contributed by atoms with Crippen LogP contribution in [-0.4, -0.2) is 24.6 Å². The maximum Gasteiger partial charge on any atom is 0.313 e. The van der Waals surface area contributed by atoms with Gasteiger partial charge < -0.3 is 9.15 Å². The van der Waals surface area contributed by atoms with Crippen molar-refractivity contribution in [2.45, 2.75) is 51.9 Å². The third kappa shape index (κ3) is 2.48. The van der Waals surface area contributed by atoms with Crippen LogP contribution in [0.5, 0.6) is 0 Å². The molecule has 0 N–H and O–H groups in total. The highest BCUT2D eigenvalue weighted by molar-refractivity contribution is 6.53. The Bertz CT molecular complexity index is 1010. The summed E-state index contributed by atoms with van der Waals surface area (Å²) >= 11 is 0. The van der Waals surface area contributed by atoms with E-state index in [4.69, 9.17) is 9.15 Å². The van der Waals surface area contributed by atoms with Crippen LogP contribution in [0, 0.1) is 6.92 Å². The van der Waals surface area contributed by atoms with Gasteiger partial charge >= 0.3 is 5.97 Å². The molecule has 2 aliphatic carbocycles. The Morgan fingerprint density at radius 2 is 1.89 bits per heavy atom. The van der Waals surface area contributed by atoms with E-state index in [2.05, 4.69) is 19.9 Å². The minimum Gasteiger partial charge on any atom is -0.469 e. The average Bonchev–Trinajstić information content (AvgIpc) is 2.95. The summed E-state index contributed by atoms with van der Waals surface area (Å²) in [5.74, 6) is -0.696. The zero-order chi connectivity index (χ0) is 19.5. The van der Waals surface area contributed by atoms with Crippen LogP contribution in [0.4, 0.5) is 0 Å². The quantitative estimate of drug-likeness (QED) is 0.594. The summed E-state index contributed by atoms with van der Waals surface area (Å²) < 4.78 is 10.6. The zero-order valence-electron chi connectivity index (χ0n) is 16.0. The lowest BCUT2D eigenvalue weighted by molar-refractivity contribution is -0.140. The summed E-state index contributed by atoms with van der Waals surface area (Å²) in [6.45, 7) is 6.05. The molecule has 0 spiro atoms. The van der Waals surface area contributed by atoms with Crippen LogP contribution >= 0.6 is 0 Å². The molecule has 0 aliphatic heterocycles. The number of ether oxygens (including phenoxy) is 1. The molecule has 0 unspecified atom stereocenters. The highest BCUT2D eigenvalue weighted by Crippen LogP contribution is 2.45. The molecule has 1 heterocycles. The Balaban J connectivity index is 1.95. The Morgan fingerprint density at radius 3 is 2.59 bits per heavy atom. The first-order valence-corrected chi connectivity index (χ1v) is 9.21. The standard InChI is InChI=1S/C22H22O5/c1-11-15(10-16(23)26-4)27-21-13-7-8-14-12(6-5-9-22(14,2)3)18(13)20(25)19(24)17(11)21/h7-8H,5-6,9-10H2,1-4H3. The van der Waals surface area contributed by atoms with Crippen molar-refractivity contribution in [2.75, 3.05) is 7.11 Å². The molecule has 27 heavy (non-hydrogen) atoms. The number of benzene rings is 1. The van der Waals surface area contributed by atoms with Gasteiger partial charge in [0.15, 0.2) is 0 Å². The molecule has 0 radical (unpaired) electrons. The van der Waals surface area contributed by atoms with Gasteiger partial charge in [-0.15, -0.1) is 0 Å². The number of carbonyl (C=O) groups excluding carboxylic acids is 3. The Labute approximate surface area is 157 Å². The van der Waals surface area contributed by atoms with Gasteiger partial charge in [-0.05, 0) is 42.7 Å². The van der Waals surface area contributed by atoms with Crippen molar-refractivity contribution in [3.63, 3.8) is 0 Å². The summed E-state index contributed by atoms with van der Waals surface area (Å²) in [4.78, 5) is 37.6. The second-order valence-corrected chi connectivity index (χ2v) is 8.02. The number of furan rings is 1. The summed E-state index contributed by atoms with van der Waals surface area (Å²) in [5.41, 5.74) is 4.04. The van der Waals surface area contributed by atoms with Crippen LogP contribution in [0.2, 0.25) is 0 Å². The minimum atomic E-state index is -0.549. The fourth-order valence-corrected chi connectivity index (χ4v) is 4.45. The van der Waals surface area contributed by atoms with Gasteiger partial charge in [0, 0.05) is 16.7 Å². The van der Waals surface area contributed by atoms with Gasteiger partial charge in [-0.3, -0.25) is 14.4 Å². The van der Waals surface area contributed by atoms with Gasteiger partial charge in [0.2, 0.25) is 11.6 Å². The van der Waals surface area contributed by atoms with Crippen LogP contribution in [0.15, 0.2) is 16.5 Å². The molecular formula is C22H22O5. The first-order chi connectivity index (χ1) is 12.8. The molecule has 5 nitrogen and oxygen atoms in total. The van der Waals surface area contributed by atoms with Gasteiger partial charge in [0.25, 0.3) is 0 Å². The van der Waals surface area contributed by atoms with E-state index >= 15 is 0 Å². The van der Waals surface area contributed by atoms with E-state index in [1.807, 2.05) is 6.07 Å². The van der Waals surface area contributed by atoms with Crippen molar-refractivity contribution < 1.29 is 23.5 Å². The van der Waals surface area contributed by atoms with E-state index in [-0.39, 0.29) is 17.4 Å². The van der Waals surface area contributed by atoms with Crippen molar-refractivity contribution in [1.82, 2.24) is 0 Å². The van der Waals surface area contributed by atoms with Crippen LogP contribution in [0.25, 0.3) is 11.3 Å². The fraction of sp³-hybridized carbons (Fsp3) is 0.409. The van der Waals surface area contributed by atoms with Crippen LogP contribution in [-0.2, 0) is 27.8 Å². The van der Waals surface area contributed by atoms with Crippen LogP contribution < -0.4 is 0 Å². The number of rotatable bonds is 2. The first-order valence-electron chi connectivity index (χ1n) is 9.21. The molecule has 0 atom stereocenters. The van der Waals surface area contributed by atoms with Gasteiger partial charge in [-0.1, -0.05) is 26.0 Å². The molecule has 0 bridgehead atoms. The maximum absolute atomic E-state index is 13.0. The second kappa shape index (κ2) is 5.91. The Kier molecular flexibility index (Phi) is 3.88. The van der Waals surface area contributed by atoms with E-state index in [1.165, 1.54) is 7.11 Å². The van der Waals surface area contributed by atoms with Crippen molar-refractivity contribution in [3.8, 4) is 11.3 Å². The number of Topliss-reactive ketones (excluding diaryl/α,β-unsaturated/α-hetero) is 2. The van der Waals surface area contributed by atoms with Gasteiger partial charge in [0.1, 0.15) is 17.9 Å². The molecule has 5 heteroatoms. The van der Waals surface area contributed by atoms with E-state index in [9.17, 15) is 14.4 Å². The molecule has 4 rings (SSSR count). The van der Waals surface area contributed by atoms with E-state index in [0.717, 1.165) is 30.4 Å². The van der Waals surface area contributed by atoms with Crippen molar-refractivity contribution in [1.29, 1.82) is 0 Å². The second-order valence-electron chi connectivity index (χ2n) is 8.02. The summed E-state index contributed by atoms with van der Waals surface area (Å²) in [6, 6.07) is 3.94. The van der Waals surface area contributed by atoms with Gasteiger partial charge in [-0.2, -0.15) is 0 Å². The first kappa shape index (κ1) is 17.7. The topological polar surface area (TPSA) is 73.6 Å². The summed E-state index contributed by atoms with van der Waals surface area (Å²) in [6.07, 6.45) is 2.75. The summed E-state index contributed by atoms with van der Waals surface area (Å²) in [7, 11) is 1.30. The summed E-state index contributed by atoms with van der Waals surface area (Å²) in [5, 5.41) is 0. The van der Waals surface area contributed by atoms with E-state index in [0.29, 0.717) is 28.2 Å². The molecule has 0 amide bonds. The zero-order valence-corrected chi connectivity index (χ0v) is 16.0. The SMILES string of the molecule is COC(=O)Cc1oc2c(c1C)C(=O)C(=O)c1c-2ccc2c1CCCC2(C)C. The Hall–Kier alpha value is -2.69. The lowest BCUT2D eigenvalue weighted by Gasteiger charge is -2.34. The monoisotopic (exact) mass is 366 g/mol. The molecule has 0 saturated carbocycles. The van der Waals surface area contributed by atoms with Crippen molar-refractivity contribution >= 4 is 17.5 Å². The molecular weight excluding hydrogens is 344 g/mol. The number of methoxy groups -OCH3 is 1. The number of fused-ring (bicyclic) bond motifs is 5. The van der Waals surface area contributed by atoms with Crippen molar-refractivity contribution in [2.24, 2.45) is 0 Å². The van der Waals surface area contributed by atoms with E-state index in [1.54, 1.807) is 6.92 Å². The highest BCUT2D eigenvalue weighted by Gasteiger charge is 2.40. The predicted octanol–water partition coefficient (Wildman–Crippen LogP) is 3.96. The number of carbonyl (C=O) groups is 3. The normalized spacial score (nSPS) is 17.2. The predicted molar refractivity (Wildman–Crippen MR) is 99.2 cm³/mol. The molecule has 1 aromatic heterocycles. The molecule has 140 valence electrons. The maximum atomic E-state index is 13.0. The molecule has 0 fully saturated rings. The number of esters is 1. The molecule has 0 saturated heterocycles. The van der Waals surface area contributed by atoms with E-state index < -0.39 is 17.5 Å². The average molecular weight is 366 g/mol. The largest absolute Gasteiger partial charge is 0.469 e. The third-order valence-corrected chi connectivity index (χ3v) is 5.95. The fourth-order valence-electron chi connectivity index (χ4n) is 4.45. The smallest absolute Gasteiger partial charge is 0.313 e. The minimum absolute atomic E-state index is 0.0264. The molecule has 1 aromatic carbocycles. The number of ketones is 2. The van der Waals surface area contributed by atoms with Gasteiger partial charge in [-0.25, -0.2) is 0 Å². The van der Waals surface area contributed by atoms with Gasteiger partial charge in [0.05, 0.1) is 12.7 Å². The number of hydrogen-bond acceptors (Lipinski definition) is 5. The number of hydrogen-bond donors (Lipinski definition) is 0. The lowest BCUT2D eigenvalue weighted by Crippen LogP contribution is -2.29. The highest BCUT2D eigenvalue weighted by atomic mass is 16.5. The van der Waals surface area contributed by atoms with Crippen molar-refractivity contribution in [3.05, 3.63) is 45.7 Å². The third-order valence-electron chi connectivity index (χ3n) is 5.95.